The maximum atomic E-state index is 12.4. The molecule has 1 aliphatic carbocycles. The van der Waals surface area contributed by atoms with Crippen molar-refractivity contribution < 1.29 is 19.1 Å². The van der Waals surface area contributed by atoms with Crippen LogP contribution in [0.1, 0.15) is 63.5 Å². The zero-order valence-corrected chi connectivity index (χ0v) is 17.8. The van der Waals surface area contributed by atoms with Crippen LogP contribution in [-0.4, -0.2) is 34.1 Å². The molecule has 0 bridgehead atoms. The van der Waals surface area contributed by atoms with Crippen LogP contribution in [0.5, 0.6) is 0 Å². The Morgan fingerprint density at radius 1 is 1.31 bits per heavy atom. The number of ether oxygens (including phenoxy) is 1. The molecule has 1 aliphatic rings. The van der Waals surface area contributed by atoms with Crippen molar-refractivity contribution in [3.63, 3.8) is 0 Å². The van der Waals surface area contributed by atoms with Crippen molar-refractivity contribution in [1.29, 1.82) is 5.26 Å². The predicted molar refractivity (Wildman–Crippen MR) is 108 cm³/mol. The summed E-state index contributed by atoms with van der Waals surface area (Å²) in [5.74, 6) is -1.69. The fraction of sp³-hybridized carbons (Fsp3) is 0.524. The number of carbonyl (C=O) groups is 3. The Morgan fingerprint density at radius 3 is 2.45 bits per heavy atom. The van der Waals surface area contributed by atoms with Crippen molar-refractivity contribution in [3.8, 4) is 6.07 Å². The largest absolute Gasteiger partial charge is 0.448 e. The third-order valence-electron chi connectivity index (χ3n) is 4.45. The molecule has 8 nitrogen and oxygen atoms in total. The van der Waals surface area contributed by atoms with E-state index in [-0.39, 0.29) is 5.57 Å². The van der Waals surface area contributed by atoms with Gasteiger partial charge in [0, 0.05) is 23.0 Å². The first kappa shape index (κ1) is 22.2. The number of imide groups is 1. The summed E-state index contributed by atoms with van der Waals surface area (Å²) in [6.07, 6.45) is 2.49. The number of aromatic nitrogens is 1. The van der Waals surface area contributed by atoms with Crippen LogP contribution >= 0.6 is 0 Å². The van der Waals surface area contributed by atoms with Crippen molar-refractivity contribution in [1.82, 2.24) is 15.2 Å². The Kier molecular flexibility index (Phi) is 6.52. The summed E-state index contributed by atoms with van der Waals surface area (Å²) >= 11 is 0. The van der Waals surface area contributed by atoms with E-state index in [1.54, 1.807) is 20.8 Å². The highest BCUT2D eigenvalue weighted by atomic mass is 16.5. The second-order valence-electron chi connectivity index (χ2n) is 8.34. The van der Waals surface area contributed by atoms with Crippen LogP contribution in [-0.2, 0) is 14.3 Å². The molecule has 0 unspecified atom stereocenters. The van der Waals surface area contributed by atoms with Crippen molar-refractivity contribution in [2.75, 3.05) is 0 Å². The van der Waals surface area contributed by atoms with Gasteiger partial charge < -0.3 is 14.6 Å². The number of esters is 1. The number of nitrogens with one attached hydrogen (secondary N) is 2. The van der Waals surface area contributed by atoms with Crippen LogP contribution in [0.15, 0.2) is 11.6 Å². The van der Waals surface area contributed by atoms with Gasteiger partial charge in [0.15, 0.2) is 6.10 Å². The maximum Gasteiger partial charge on any atom is 0.349 e. The summed E-state index contributed by atoms with van der Waals surface area (Å²) < 4.78 is 7.28. The lowest BCUT2D eigenvalue weighted by Crippen LogP contribution is -2.50. The Hall–Kier alpha value is -3.08. The van der Waals surface area contributed by atoms with Crippen LogP contribution in [0.3, 0.4) is 0 Å². The van der Waals surface area contributed by atoms with E-state index in [1.807, 2.05) is 26.0 Å². The molecule has 2 N–H and O–H groups in total. The molecule has 0 aliphatic heterocycles. The van der Waals surface area contributed by atoms with Crippen molar-refractivity contribution in [2.45, 2.75) is 72.1 Å². The number of urea groups is 1. The Bertz CT molecular complexity index is 895. The molecule has 156 valence electrons. The molecule has 1 atom stereocenters. The van der Waals surface area contributed by atoms with Crippen LogP contribution in [0.2, 0.25) is 0 Å². The van der Waals surface area contributed by atoms with E-state index < -0.39 is 29.6 Å². The highest BCUT2D eigenvalue weighted by molar-refractivity contribution is 6.01. The molecule has 0 saturated heterocycles. The summed E-state index contributed by atoms with van der Waals surface area (Å²) in [7, 11) is 0. The van der Waals surface area contributed by atoms with Gasteiger partial charge in [-0.1, -0.05) is 0 Å². The first-order chi connectivity index (χ1) is 13.4. The monoisotopic (exact) mass is 400 g/mol. The van der Waals surface area contributed by atoms with Crippen LogP contribution < -0.4 is 10.6 Å². The summed E-state index contributed by atoms with van der Waals surface area (Å²) in [4.78, 5) is 36.2. The van der Waals surface area contributed by atoms with Crippen molar-refractivity contribution in [3.05, 3.63) is 28.6 Å². The van der Waals surface area contributed by atoms with E-state index in [9.17, 15) is 19.6 Å². The number of nitrogens with zero attached hydrogens (tertiary/aromatic N) is 2. The first-order valence-corrected chi connectivity index (χ1v) is 9.57. The fourth-order valence-corrected chi connectivity index (χ4v) is 3.00. The van der Waals surface area contributed by atoms with Crippen molar-refractivity contribution in [2.24, 2.45) is 0 Å². The van der Waals surface area contributed by atoms with Gasteiger partial charge in [-0.05, 0) is 72.1 Å². The Labute approximate surface area is 170 Å². The molecule has 3 amide bonds. The zero-order chi connectivity index (χ0) is 21.9. The van der Waals surface area contributed by atoms with Gasteiger partial charge >= 0.3 is 12.0 Å². The fourth-order valence-electron chi connectivity index (χ4n) is 3.00. The molecule has 1 fully saturated rings. The minimum absolute atomic E-state index is 0.208. The van der Waals surface area contributed by atoms with Gasteiger partial charge in [-0.2, -0.15) is 5.26 Å². The summed E-state index contributed by atoms with van der Waals surface area (Å²) in [6, 6.07) is 3.55. The minimum atomic E-state index is -1.23. The van der Waals surface area contributed by atoms with Gasteiger partial charge in [-0.25, -0.2) is 9.59 Å². The number of amides is 3. The van der Waals surface area contributed by atoms with Gasteiger partial charge in [0.1, 0.15) is 11.6 Å². The quantitative estimate of drug-likeness (QED) is 0.448. The first-order valence-electron chi connectivity index (χ1n) is 9.57. The molecular weight excluding hydrogens is 372 g/mol. The smallest absolute Gasteiger partial charge is 0.349 e. The molecule has 29 heavy (non-hydrogen) atoms. The normalized spacial score (nSPS) is 15.3. The summed E-state index contributed by atoms with van der Waals surface area (Å²) in [5, 5.41) is 14.1. The molecular formula is C21H28N4O4. The average molecular weight is 400 g/mol. The topological polar surface area (TPSA) is 113 Å². The minimum Gasteiger partial charge on any atom is -0.448 e. The highest BCUT2D eigenvalue weighted by Crippen LogP contribution is 2.38. The molecule has 0 radical (unpaired) electrons. The van der Waals surface area contributed by atoms with Gasteiger partial charge in [0.05, 0.1) is 0 Å². The van der Waals surface area contributed by atoms with E-state index in [1.165, 1.54) is 13.0 Å². The second-order valence-corrected chi connectivity index (χ2v) is 8.34. The van der Waals surface area contributed by atoms with E-state index in [4.69, 9.17) is 4.74 Å². The second kappa shape index (κ2) is 8.52. The lowest BCUT2D eigenvalue weighted by atomic mass is 10.1. The molecule has 2 rings (SSSR count). The van der Waals surface area contributed by atoms with Crippen LogP contribution in [0, 0.1) is 25.2 Å². The number of hydrogen-bond donors (Lipinski definition) is 2. The van der Waals surface area contributed by atoms with E-state index in [0.29, 0.717) is 6.04 Å². The number of rotatable bonds is 5. The molecule has 1 saturated carbocycles. The molecule has 1 aromatic rings. The zero-order valence-electron chi connectivity index (χ0n) is 17.8. The van der Waals surface area contributed by atoms with Crippen LogP contribution in [0.25, 0.3) is 6.08 Å². The molecule has 8 heteroatoms. The lowest BCUT2D eigenvalue weighted by Gasteiger charge is -2.21. The SMILES string of the molecule is Cc1cc(/C=C(\C#N)C(=O)O[C@@H](C)C(=O)NC(=O)NC(C)(C)C)c(C)n1C1CC1. The molecule has 0 aromatic carbocycles. The van der Waals surface area contributed by atoms with Crippen LogP contribution in [0.4, 0.5) is 4.79 Å². The molecule has 0 spiro atoms. The van der Waals surface area contributed by atoms with Gasteiger partial charge in [-0.3, -0.25) is 10.1 Å². The number of aryl methyl sites for hydroxylation is 1. The predicted octanol–water partition coefficient (Wildman–Crippen LogP) is 2.90. The molecule has 1 heterocycles. The number of nitriles is 1. The lowest BCUT2D eigenvalue weighted by molar-refractivity contribution is -0.150. The van der Waals surface area contributed by atoms with E-state index >= 15 is 0 Å². The summed E-state index contributed by atoms with van der Waals surface area (Å²) in [6.45, 7) is 10.6. The average Bonchev–Trinajstić information content (AvgIpc) is 3.36. The summed E-state index contributed by atoms with van der Waals surface area (Å²) in [5.41, 5.74) is 2.09. The van der Waals surface area contributed by atoms with E-state index in [2.05, 4.69) is 15.2 Å². The Morgan fingerprint density at radius 2 is 1.93 bits per heavy atom. The molecule has 1 aromatic heterocycles. The van der Waals surface area contributed by atoms with E-state index in [0.717, 1.165) is 29.8 Å². The van der Waals surface area contributed by atoms with Gasteiger partial charge in [-0.15, -0.1) is 0 Å². The highest BCUT2D eigenvalue weighted by Gasteiger charge is 2.27. The van der Waals surface area contributed by atoms with Crippen molar-refractivity contribution >= 4 is 24.0 Å². The maximum absolute atomic E-state index is 12.4. The third kappa shape index (κ3) is 5.95. The number of hydrogen-bond acceptors (Lipinski definition) is 5. The standard InChI is InChI=1S/C21H28N4O4/c1-12-9-15(13(2)25(12)17-7-8-17)10-16(11-22)19(27)29-14(3)18(26)23-20(28)24-21(4,5)6/h9-10,14,17H,7-8H2,1-6H3,(H2,23,24,26,28)/b16-10+/t14-/m0/s1. The number of carbonyl (C=O) groups excluding carboxylic acids is 3. The Balaban J connectivity index is 2.05. The van der Waals surface area contributed by atoms with Gasteiger partial charge in [0.2, 0.25) is 0 Å². The third-order valence-corrected chi connectivity index (χ3v) is 4.45. The van der Waals surface area contributed by atoms with Gasteiger partial charge in [0.25, 0.3) is 5.91 Å².